The third kappa shape index (κ3) is 4.48. The highest BCUT2D eigenvalue weighted by molar-refractivity contribution is 8.14. The first-order valence-electron chi connectivity index (χ1n) is 8.40. The third-order valence-electron chi connectivity index (χ3n) is 4.58. The van der Waals surface area contributed by atoms with Crippen LogP contribution in [0.4, 0.5) is 9.18 Å². The van der Waals surface area contributed by atoms with Gasteiger partial charge in [-0.2, -0.15) is 0 Å². The number of carbonyl (C=O) groups excluding carboxylic acids is 3. The van der Waals surface area contributed by atoms with Crippen LogP contribution in [0.1, 0.15) is 12.8 Å². The number of piperidine rings is 1. The molecule has 0 radical (unpaired) electrons. The number of likely N-dealkylation sites (tertiary alicyclic amines) is 1. The minimum absolute atomic E-state index is 0.146. The van der Waals surface area contributed by atoms with Crippen molar-refractivity contribution in [3.63, 3.8) is 0 Å². The van der Waals surface area contributed by atoms with E-state index in [1.165, 1.54) is 9.80 Å². The summed E-state index contributed by atoms with van der Waals surface area (Å²) in [5.74, 6) is -1.24. The molecule has 2 aliphatic rings. The average molecular weight is 450 g/mol. The van der Waals surface area contributed by atoms with E-state index in [-0.39, 0.29) is 32.9 Å². The smallest absolute Gasteiger partial charge is 0.289 e. The number of hydrogen-bond donors (Lipinski definition) is 1. The summed E-state index contributed by atoms with van der Waals surface area (Å²) in [6, 6.07) is 2.72. The second kappa shape index (κ2) is 8.36. The van der Waals surface area contributed by atoms with Gasteiger partial charge in [0, 0.05) is 19.1 Å². The summed E-state index contributed by atoms with van der Waals surface area (Å²) >= 11 is 6.57. The van der Waals surface area contributed by atoms with Crippen molar-refractivity contribution in [1.82, 2.24) is 14.5 Å². The van der Waals surface area contributed by atoms with E-state index in [0.717, 1.165) is 30.0 Å². The number of sulfonamides is 1. The normalized spacial score (nSPS) is 18.8. The van der Waals surface area contributed by atoms with Gasteiger partial charge in [-0.05, 0) is 31.0 Å². The van der Waals surface area contributed by atoms with Crippen LogP contribution in [0.25, 0.3) is 0 Å². The van der Waals surface area contributed by atoms with Crippen LogP contribution >= 0.6 is 23.4 Å². The van der Waals surface area contributed by atoms with Crippen molar-refractivity contribution in [2.45, 2.75) is 23.8 Å². The van der Waals surface area contributed by atoms with Gasteiger partial charge in [-0.15, -0.1) is 0 Å². The fourth-order valence-corrected chi connectivity index (χ4v) is 5.11. The quantitative estimate of drug-likeness (QED) is 0.729. The molecule has 1 N–H and O–H groups in total. The lowest BCUT2D eigenvalue weighted by Crippen LogP contribution is -2.50. The molecule has 0 bridgehead atoms. The Morgan fingerprint density at radius 3 is 2.54 bits per heavy atom. The maximum atomic E-state index is 13.2. The van der Waals surface area contributed by atoms with Crippen molar-refractivity contribution in [3.8, 4) is 0 Å². The molecule has 0 aromatic heterocycles. The molecule has 3 amide bonds. The van der Waals surface area contributed by atoms with E-state index in [1.54, 1.807) is 0 Å². The lowest BCUT2D eigenvalue weighted by atomic mass is 10.0. The van der Waals surface area contributed by atoms with Gasteiger partial charge < -0.3 is 4.90 Å². The Labute approximate surface area is 170 Å². The molecule has 12 heteroatoms. The molecule has 3 rings (SSSR count). The van der Waals surface area contributed by atoms with Crippen molar-refractivity contribution in [2.75, 3.05) is 25.4 Å². The summed E-state index contributed by atoms with van der Waals surface area (Å²) in [4.78, 5) is 38.4. The summed E-state index contributed by atoms with van der Waals surface area (Å²) in [5, 5.41) is -0.596. The van der Waals surface area contributed by atoms with E-state index >= 15 is 0 Å². The molecule has 8 nitrogen and oxygen atoms in total. The molecule has 2 aliphatic heterocycles. The summed E-state index contributed by atoms with van der Waals surface area (Å²) in [6.07, 6.45) is 0.897. The number of imide groups is 1. The van der Waals surface area contributed by atoms with Gasteiger partial charge in [0.2, 0.25) is 21.8 Å². The number of carbonyl (C=O) groups is 3. The number of halogens is 2. The highest BCUT2D eigenvalue weighted by Crippen LogP contribution is 2.26. The molecule has 2 fully saturated rings. The average Bonchev–Trinajstić information content (AvgIpc) is 3.00. The Hall–Kier alpha value is -1.69. The van der Waals surface area contributed by atoms with E-state index in [2.05, 4.69) is 4.72 Å². The van der Waals surface area contributed by atoms with E-state index in [1.807, 2.05) is 0 Å². The van der Waals surface area contributed by atoms with E-state index in [0.29, 0.717) is 25.9 Å². The number of nitrogens with zero attached hydrogens (tertiary/aromatic N) is 2. The highest BCUT2D eigenvalue weighted by atomic mass is 35.5. The summed E-state index contributed by atoms with van der Waals surface area (Å²) in [6.45, 7) is 0.171. The summed E-state index contributed by atoms with van der Waals surface area (Å²) in [7, 11) is -4.02. The van der Waals surface area contributed by atoms with Gasteiger partial charge in [0.1, 0.15) is 5.82 Å². The molecule has 1 aromatic carbocycles. The zero-order valence-electron chi connectivity index (χ0n) is 14.6. The van der Waals surface area contributed by atoms with Crippen molar-refractivity contribution in [1.29, 1.82) is 0 Å². The Bertz CT molecular complexity index is 903. The number of benzene rings is 1. The molecule has 2 heterocycles. The first kappa shape index (κ1) is 21.0. The van der Waals surface area contributed by atoms with Crippen LogP contribution in [0.15, 0.2) is 23.1 Å². The molecular weight excluding hydrogens is 433 g/mol. The molecule has 0 saturated carbocycles. The topological polar surface area (TPSA) is 104 Å². The van der Waals surface area contributed by atoms with Gasteiger partial charge in [-0.3, -0.25) is 19.3 Å². The zero-order valence-corrected chi connectivity index (χ0v) is 16.9. The number of nitrogens with one attached hydrogen (secondary N) is 1. The second-order valence-electron chi connectivity index (χ2n) is 6.33. The van der Waals surface area contributed by atoms with Crippen molar-refractivity contribution in [3.05, 3.63) is 29.0 Å². The molecule has 0 atom stereocenters. The summed E-state index contributed by atoms with van der Waals surface area (Å²) in [5.41, 5.74) is 0. The minimum Gasteiger partial charge on any atom is -0.341 e. The molecule has 0 unspecified atom stereocenters. The molecule has 0 aliphatic carbocycles. The third-order valence-corrected chi connectivity index (χ3v) is 7.11. The first-order chi connectivity index (χ1) is 13.2. The molecule has 1 aromatic rings. The lowest BCUT2D eigenvalue weighted by Gasteiger charge is -2.35. The van der Waals surface area contributed by atoms with Crippen LogP contribution in [0, 0.1) is 5.82 Å². The predicted molar refractivity (Wildman–Crippen MR) is 101 cm³/mol. The van der Waals surface area contributed by atoms with Gasteiger partial charge >= 0.3 is 0 Å². The molecule has 0 spiro atoms. The zero-order chi connectivity index (χ0) is 20.5. The van der Waals surface area contributed by atoms with E-state index in [4.69, 9.17) is 11.6 Å². The van der Waals surface area contributed by atoms with Gasteiger partial charge in [0.25, 0.3) is 5.24 Å². The second-order valence-corrected chi connectivity index (χ2v) is 9.43. The maximum Gasteiger partial charge on any atom is 0.289 e. The molecule has 28 heavy (non-hydrogen) atoms. The van der Waals surface area contributed by atoms with Crippen LogP contribution in [-0.4, -0.2) is 66.7 Å². The van der Waals surface area contributed by atoms with Crippen LogP contribution in [0.5, 0.6) is 0 Å². The van der Waals surface area contributed by atoms with Crippen molar-refractivity contribution >= 4 is 50.4 Å². The monoisotopic (exact) mass is 449 g/mol. The number of rotatable bonds is 5. The Kier molecular flexibility index (Phi) is 6.28. The minimum atomic E-state index is -4.02. The Morgan fingerprint density at radius 2 is 1.96 bits per heavy atom. The highest BCUT2D eigenvalue weighted by Gasteiger charge is 2.38. The lowest BCUT2D eigenvalue weighted by molar-refractivity contribution is -0.132. The van der Waals surface area contributed by atoms with Gasteiger partial charge in [-0.25, -0.2) is 17.5 Å². The number of hydrogen-bond acceptors (Lipinski definition) is 6. The van der Waals surface area contributed by atoms with Gasteiger partial charge in [0.15, 0.2) is 0 Å². The standard InChI is InChI=1S/C16H17ClFN3O5S2/c17-12-7-11(1-2-13(12)18)28(25,26)19-8-14(22)20-5-3-10(4-6-20)21-15(23)9-27-16(21)24/h1-2,7,10,19H,3-6,8-9H2. The number of thioether (sulfide) groups is 1. The van der Waals surface area contributed by atoms with E-state index < -0.39 is 28.3 Å². The van der Waals surface area contributed by atoms with Crippen LogP contribution in [0.2, 0.25) is 5.02 Å². The van der Waals surface area contributed by atoms with Gasteiger partial charge in [0.05, 0.1) is 22.2 Å². The first-order valence-corrected chi connectivity index (χ1v) is 11.2. The molecule has 152 valence electrons. The molecule has 2 saturated heterocycles. The Balaban J connectivity index is 1.54. The fourth-order valence-electron chi connectivity index (χ4n) is 3.09. The predicted octanol–water partition coefficient (Wildman–Crippen LogP) is 1.44. The van der Waals surface area contributed by atoms with Gasteiger partial charge in [-0.1, -0.05) is 23.4 Å². The fraction of sp³-hybridized carbons (Fsp3) is 0.438. The van der Waals surface area contributed by atoms with Crippen molar-refractivity contribution < 1.29 is 27.2 Å². The van der Waals surface area contributed by atoms with Crippen LogP contribution in [-0.2, 0) is 19.6 Å². The molecular formula is C16H17ClFN3O5S2. The Morgan fingerprint density at radius 1 is 1.29 bits per heavy atom. The summed E-state index contributed by atoms with van der Waals surface area (Å²) < 4.78 is 39.8. The van der Waals surface area contributed by atoms with Crippen LogP contribution in [0.3, 0.4) is 0 Å². The number of amides is 3. The van der Waals surface area contributed by atoms with E-state index in [9.17, 15) is 27.2 Å². The van der Waals surface area contributed by atoms with Crippen LogP contribution < -0.4 is 4.72 Å². The maximum absolute atomic E-state index is 13.2. The SMILES string of the molecule is O=C(CNS(=O)(=O)c1ccc(F)c(Cl)c1)N1CCC(N2C(=O)CSC2=O)CC1. The largest absolute Gasteiger partial charge is 0.341 e. The van der Waals surface area contributed by atoms with Crippen molar-refractivity contribution in [2.24, 2.45) is 0 Å².